The molecule has 1 saturated carbocycles. The molecule has 0 saturated heterocycles. The van der Waals surface area contributed by atoms with E-state index in [9.17, 15) is 4.79 Å². The number of hydrogen-bond donors (Lipinski definition) is 2. The van der Waals surface area contributed by atoms with Gasteiger partial charge in [0.2, 0.25) is 0 Å². The van der Waals surface area contributed by atoms with Gasteiger partial charge in [0, 0.05) is 27.4 Å². The normalized spacial score (nSPS) is 14.2. The summed E-state index contributed by atoms with van der Waals surface area (Å²) in [7, 11) is 3.29. The number of H-pyrrole nitrogens is 1. The van der Waals surface area contributed by atoms with Crippen molar-refractivity contribution >= 4 is 49.2 Å². The number of fused-ring (bicyclic) bond motifs is 1. The maximum absolute atomic E-state index is 13.1. The van der Waals surface area contributed by atoms with Crippen molar-refractivity contribution in [3.8, 4) is 22.8 Å². The minimum Gasteiger partial charge on any atom is -0.496 e. The van der Waals surface area contributed by atoms with E-state index >= 15 is 0 Å². The quantitative estimate of drug-likeness (QED) is 0.227. The van der Waals surface area contributed by atoms with Crippen LogP contribution < -0.4 is 14.8 Å². The maximum atomic E-state index is 13.1. The molecule has 1 aliphatic carbocycles. The molecular formula is C28H30BrN3O3S. The summed E-state index contributed by atoms with van der Waals surface area (Å²) in [5.74, 6) is 1.94. The first-order valence-electron chi connectivity index (χ1n) is 12.4. The molecule has 36 heavy (non-hydrogen) atoms. The van der Waals surface area contributed by atoms with Crippen molar-refractivity contribution in [2.45, 2.75) is 44.9 Å². The Morgan fingerprint density at radius 1 is 1.11 bits per heavy atom. The number of rotatable bonds is 8. The van der Waals surface area contributed by atoms with E-state index in [0.717, 1.165) is 50.3 Å². The molecule has 1 fully saturated rings. The lowest BCUT2D eigenvalue weighted by atomic mass is 9.86. The Kier molecular flexibility index (Phi) is 7.62. The smallest absolute Gasteiger partial charge is 0.273 e. The summed E-state index contributed by atoms with van der Waals surface area (Å²) < 4.78 is 12.0. The lowest BCUT2D eigenvalue weighted by molar-refractivity contribution is 0.102. The molecule has 2 N–H and O–H groups in total. The highest BCUT2D eigenvalue weighted by Gasteiger charge is 2.22. The number of amides is 1. The van der Waals surface area contributed by atoms with Crippen LogP contribution in [0.4, 0.5) is 5.13 Å². The molecule has 8 heteroatoms. The molecule has 2 aromatic carbocycles. The van der Waals surface area contributed by atoms with Crippen LogP contribution in [0.25, 0.3) is 22.2 Å². The van der Waals surface area contributed by atoms with Gasteiger partial charge in [0.1, 0.15) is 17.2 Å². The number of aromatic amines is 1. The average Bonchev–Trinajstić information content (AvgIpc) is 3.52. The van der Waals surface area contributed by atoms with Gasteiger partial charge in [-0.05, 0) is 52.9 Å². The second-order valence-corrected chi connectivity index (χ2v) is 11.2. The molecule has 4 aromatic rings. The number of aromatic nitrogens is 2. The average molecular weight is 569 g/mol. The third-order valence-corrected chi connectivity index (χ3v) is 8.58. The number of anilines is 1. The highest BCUT2D eigenvalue weighted by Crippen LogP contribution is 2.42. The Bertz CT molecular complexity index is 1340. The molecule has 0 atom stereocenters. The minimum atomic E-state index is -0.201. The minimum absolute atomic E-state index is 0.201. The topological polar surface area (TPSA) is 76.2 Å². The summed E-state index contributed by atoms with van der Waals surface area (Å²) in [6.45, 7) is 0. The molecule has 0 spiro atoms. The van der Waals surface area contributed by atoms with Crippen LogP contribution in [0.15, 0.2) is 46.9 Å². The lowest BCUT2D eigenvalue weighted by Crippen LogP contribution is -2.11. The molecular weight excluding hydrogens is 538 g/mol. The van der Waals surface area contributed by atoms with Crippen LogP contribution in [0, 0.1) is 5.92 Å². The van der Waals surface area contributed by atoms with Gasteiger partial charge in [0.25, 0.3) is 5.91 Å². The number of carbonyl (C=O) groups excluding carboxylic acids is 1. The van der Waals surface area contributed by atoms with E-state index in [2.05, 4.69) is 26.2 Å². The summed E-state index contributed by atoms with van der Waals surface area (Å²) in [5.41, 5.74) is 3.18. The summed E-state index contributed by atoms with van der Waals surface area (Å²) in [4.78, 5) is 22.3. The fraction of sp³-hybridized carbons (Fsp3) is 0.357. The van der Waals surface area contributed by atoms with E-state index in [0.29, 0.717) is 22.3 Å². The van der Waals surface area contributed by atoms with Gasteiger partial charge in [0.05, 0.1) is 24.4 Å². The summed E-state index contributed by atoms with van der Waals surface area (Å²) in [5, 5.41) is 4.61. The summed E-state index contributed by atoms with van der Waals surface area (Å²) >= 11 is 5.16. The van der Waals surface area contributed by atoms with E-state index < -0.39 is 0 Å². The number of nitrogens with zero attached hydrogens (tertiary/aromatic N) is 1. The fourth-order valence-electron chi connectivity index (χ4n) is 5.00. The number of benzene rings is 2. The van der Waals surface area contributed by atoms with Crippen LogP contribution in [0.1, 0.15) is 53.9 Å². The standard InChI is InChI=1S/C28H30BrN3O3S/c1-34-23-16-24(35-2)20(29)15-19(23)26-25(13-12-17-8-4-3-5-9-17)36-28(31-26)32-27(33)22-14-18-10-6-7-11-21(18)30-22/h6-7,10-11,14-17,30H,3-5,8-9,12-13H2,1-2H3,(H,31,32,33). The van der Waals surface area contributed by atoms with Crippen molar-refractivity contribution in [2.24, 2.45) is 5.92 Å². The van der Waals surface area contributed by atoms with Crippen molar-refractivity contribution in [1.29, 1.82) is 0 Å². The number of hydrogen-bond acceptors (Lipinski definition) is 5. The van der Waals surface area contributed by atoms with Crippen molar-refractivity contribution in [2.75, 3.05) is 19.5 Å². The van der Waals surface area contributed by atoms with Crippen LogP contribution >= 0.6 is 27.3 Å². The van der Waals surface area contributed by atoms with Gasteiger partial charge in [-0.15, -0.1) is 11.3 Å². The first-order valence-corrected chi connectivity index (χ1v) is 14.0. The second-order valence-electron chi connectivity index (χ2n) is 9.24. The third kappa shape index (κ3) is 5.30. The number of halogens is 1. The molecule has 0 radical (unpaired) electrons. The number of carbonyl (C=O) groups is 1. The first-order chi connectivity index (χ1) is 17.6. The van der Waals surface area contributed by atoms with Gasteiger partial charge in [-0.3, -0.25) is 10.1 Å². The molecule has 2 aromatic heterocycles. The van der Waals surface area contributed by atoms with Crippen LogP contribution in [0.3, 0.4) is 0 Å². The van der Waals surface area contributed by atoms with Crippen molar-refractivity contribution in [1.82, 2.24) is 9.97 Å². The zero-order valence-corrected chi connectivity index (χ0v) is 22.9. The number of nitrogens with one attached hydrogen (secondary N) is 2. The molecule has 0 unspecified atom stereocenters. The monoisotopic (exact) mass is 567 g/mol. The molecule has 1 amide bonds. The van der Waals surface area contributed by atoms with E-state index in [1.807, 2.05) is 42.5 Å². The maximum Gasteiger partial charge on any atom is 0.273 e. The van der Waals surface area contributed by atoms with Gasteiger partial charge < -0.3 is 14.5 Å². The van der Waals surface area contributed by atoms with E-state index in [1.165, 1.54) is 32.1 Å². The molecule has 0 aliphatic heterocycles. The number of aryl methyl sites for hydroxylation is 1. The number of ether oxygens (including phenoxy) is 2. The largest absolute Gasteiger partial charge is 0.496 e. The van der Waals surface area contributed by atoms with Crippen LogP contribution in [0.2, 0.25) is 0 Å². The molecule has 5 rings (SSSR count). The lowest BCUT2D eigenvalue weighted by Gasteiger charge is -2.21. The van der Waals surface area contributed by atoms with Crippen LogP contribution in [-0.4, -0.2) is 30.1 Å². The predicted molar refractivity (Wildman–Crippen MR) is 150 cm³/mol. The van der Waals surface area contributed by atoms with Gasteiger partial charge in [0.15, 0.2) is 5.13 Å². The molecule has 188 valence electrons. The first kappa shape index (κ1) is 24.8. The number of methoxy groups -OCH3 is 2. The zero-order chi connectivity index (χ0) is 25.1. The van der Waals surface area contributed by atoms with Gasteiger partial charge in [-0.25, -0.2) is 4.98 Å². The second kappa shape index (κ2) is 11.0. The summed E-state index contributed by atoms with van der Waals surface area (Å²) in [6, 6.07) is 13.6. The summed E-state index contributed by atoms with van der Waals surface area (Å²) in [6.07, 6.45) is 8.65. The Labute approximate surface area is 223 Å². The Hall–Kier alpha value is -2.84. The van der Waals surface area contributed by atoms with Crippen molar-refractivity contribution in [3.05, 3.63) is 57.5 Å². The Balaban J connectivity index is 1.46. The zero-order valence-electron chi connectivity index (χ0n) is 20.5. The fourth-order valence-corrected chi connectivity index (χ4v) is 6.49. The van der Waals surface area contributed by atoms with Gasteiger partial charge in [-0.1, -0.05) is 50.3 Å². The van der Waals surface area contributed by atoms with Gasteiger partial charge in [-0.2, -0.15) is 0 Å². The molecule has 0 bridgehead atoms. The Morgan fingerprint density at radius 3 is 2.64 bits per heavy atom. The number of para-hydroxylation sites is 1. The number of thiazole rings is 1. The molecule has 6 nitrogen and oxygen atoms in total. The van der Waals surface area contributed by atoms with Crippen molar-refractivity contribution in [3.63, 3.8) is 0 Å². The van der Waals surface area contributed by atoms with Crippen LogP contribution in [-0.2, 0) is 6.42 Å². The van der Waals surface area contributed by atoms with Crippen molar-refractivity contribution < 1.29 is 14.3 Å². The third-order valence-electron chi connectivity index (χ3n) is 6.93. The van der Waals surface area contributed by atoms with Crippen LogP contribution in [0.5, 0.6) is 11.5 Å². The highest BCUT2D eigenvalue weighted by atomic mass is 79.9. The van der Waals surface area contributed by atoms with Gasteiger partial charge >= 0.3 is 0 Å². The molecule has 1 aliphatic rings. The van der Waals surface area contributed by atoms with E-state index in [4.69, 9.17) is 14.5 Å². The molecule has 2 heterocycles. The highest BCUT2D eigenvalue weighted by molar-refractivity contribution is 9.10. The van der Waals surface area contributed by atoms with E-state index in [1.54, 1.807) is 25.6 Å². The SMILES string of the molecule is COc1cc(OC)c(-c2nc(NC(=O)c3cc4ccccc4[nH]3)sc2CCC2CCCCC2)cc1Br. The van der Waals surface area contributed by atoms with E-state index in [-0.39, 0.29) is 5.91 Å². The predicted octanol–water partition coefficient (Wildman–Crippen LogP) is 7.84. The Morgan fingerprint density at radius 2 is 1.89 bits per heavy atom.